The lowest BCUT2D eigenvalue weighted by Crippen LogP contribution is -2.47. The molecule has 1 N–H and O–H groups in total. The van der Waals surface area contributed by atoms with Crippen molar-refractivity contribution in [1.82, 2.24) is 10.2 Å². The molecule has 0 aromatic rings. The first kappa shape index (κ1) is 13.9. The average molecular weight is 228 g/mol. The lowest BCUT2D eigenvalue weighted by atomic mass is 10.2. The highest BCUT2D eigenvalue weighted by Crippen LogP contribution is 2.06. The largest absolute Gasteiger partial charge is 0.374 e. The molecule has 0 spiro atoms. The molecule has 0 bridgehead atoms. The number of hydrogen-bond donors (Lipinski definition) is 1. The van der Waals surface area contributed by atoms with Gasteiger partial charge >= 0.3 is 0 Å². The summed E-state index contributed by atoms with van der Waals surface area (Å²) in [5.74, 6) is 0.722. The van der Waals surface area contributed by atoms with Gasteiger partial charge in [-0.15, -0.1) is 0 Å². The third-order valence-electron chi connectivity index (χ3n) is 2.98. The number of ether oxygens (including phenoxy) is 1. The lowest BCUT2D eigenvalue weighted by molar-refractivity contribution is -0.0274. The number of hydrogen-bond acceptors (Lipinski definition) is 3. The van der Waals surface area contributed by atoms with E-state index in [1.807, 2.05) is 0 Å². The molecule has 1 fully saturated rings. The van der Waals surface area contributed by atoms with Gasteiger partial charge in [0.05, 0.1) is 12.7 Å². The molecule has 96 valence electrons. The van der Waals surface area contributed by atoms with E-state index in [1.54, 1.807) is 0 Å². The summed E-state index contributed by atoms with van der Waals surface area (Å²) < 4.78 is 5.77. The van der Waals surface area contributed by atoms with E-state index in [9.17, 15) is 0 Å². The summed E-state index contributed by atoms with van der Waals surface area (Å²) in [5.41, 5.74) is 0. The predicted octanol–water partition coefficient (Wildman–Crippen LogP) is 1.73. The van der Waals surface area contributed by atoms with Crippen molar-refractivity contribution in [3.63, 3.8) is 0 Å². The Balaban J connectivity index is 2.12. The molecule has 0 aliphatic carbocycles. The molecule has 0 aromatic carbocycles. The molecule has 1 aliphatic heterocycles. The van der Waals surface area contributed by atoms with Crippen LogP contribution in [0.3, 0.4) is 0 Å². The Morgan fingerprint density at radius 1 is 1.44 bits per heavy atom. The van der Waals surface area contributed by atoms with Crippen LogP contribution in [0.25, 0.3) is 0 Å². The Bertz CT molecular complexity index is 173. The minimum atomic E-state index is 0.393. The molecule has 1 heterocycles. The molecule has 0 amide bonds. The second-order valence-electron chi connectivity index (χ2n) is 5.20. The van der Waals surface area contributed by atoms with Crippen molar-refractivity contribution in [3.05, 3.63) is 0 Å². The summed E-state index contributed by atoms with van der Waals surface area (Å²) in [5, 5.41) is 3.48. The Hall–Kier alpha value is -0.120. The van der Waals surface area contributed by atoms with Crippen LogP contribution in [0.15, 0.2) is 0 Å². The van der Waals surface area contributed by atoms with Crippen molar-refractivity contribution in [2.75, 3.05) is 39.3 Å². The molecular formula is C13H28N2O. The van der Waals surface area contributed by atoms with Crippen LogP contribution in [0.4, 0.5) is 0 Å². The molecule has 0 unspecified atom stereocenters. The van der Waals surface area contributed by atoms with E-state index in [0.717, 1.165) is 38.7 Å². The average Bonchev–Trinajstić information content (AvgIpc) is 2.26. The van der Waals surface area contributed by atoms with Gasteiger partial charge in [-0.2, -0.15) is 0 Å². The zero-order valence-electron chi connectivity index (χ0n) is 11.2. The van der Waals surface area contributed by atoms with Crippen LogP contribution in [-0.4, -0.2) is 50.3 Å². The summed E-state index contributed by atoms with van der Waals surface area (Å²) in [6.07, 6.45) is 2.99. The standard InChI is InChI=1S/C13H28N2O/c1-4-5-6-15-7-8-16-13(11-15)10-14-9-12(2)3/h12-14H,4-11H2,1-3H3/t13-/m0/s1. The van der Waals surface area contributed by atoms with Crippen LogP contribution in [0.1, 0.15) is 33.6 Å². The van der Waals surface area contributed by atoms with Gasteiger partial charge in [-0.25, -0.2) is 0 Å². The van der Waals surface area contributed by atoms with Crippen molar-refractivity contribution in [3.8, 4) is 0 Å². The quantitative estimate of drug-likeness (QED) is 0.718. The van der Waals surface area contributed by atoms with Crippen molar-refractivity contribution < 1.29 is 4.74 Å². The fourth-order valence-corrected chi connectivity index (χ4v) is 2.02. The van der Waals surface area contributed by atoms with E-state index in [1.165, 1.54) is 19.4 Å². The molecule has 1 saturated heterocycles. The molecule has 0 saturated carbocycles. The van der Waals surface area contributed by atoms with Crippen LogP contribution < -0.4 is 5.32 Å². The van der Waals surface area contributed by atoms with Crippen molar-refractivity contribution in [2.24, 2.45) is 5.92 Å². The third kappa shape index (κ3) is 5.83. The molecule has 0 aromatic heterocycles. The van der Waals surface area contributed by atoms with Crippen LogP contribution in [0.2, 0.25) is 0 Å². The molecule has 16 heavy (non-hydrogen) atoms. The number of nitrogens with zero attached hydrogens (tertiary/aromatic N) is 1. The molecule has 1 atom stereocenters. The predicted molar refractivity (Wildman–Crippen MR) is 68.8 cm³/mol. The SMILES string of the molecule is CCCCN1CCO[C@@H](CNCC(C)C)C1. The number of unbranched alkanes of at least 4 members (excludes halogenated alkanes) is 1. The van der Waals surface area contributed by atoms with Crippen LogP contribution >= 0.6 is 0 Å². The van der Waals surface area contributed by atoms with Crippen LogP contribution in [-0.2, 0) is 4.74 Å². The fraction of sp³-hybridized carbons (Fsp3) is 1.00. The van der Waals surface area contributed by atoms with Crippen molar-refractivity contribution in [1.29, 1.82) is 0 Å². The highest BCUT2D eigenvalue weighted by Gasteiger charge is 2.19. The Labute approximate surface area is 101 Å². The first-order chi connectivity index (χ1) is 7.72. The number of morpholine rings is 1. The smallest absolute Gasteiger partial charge is 0.0826 e. The third-order valence-corrected chi connectivity index (χ3v) is 2.98. The van der Waals surface area contributed by atoms with Gasteiger partial charge in [0.2, 0.25) is 0 Å². The van der Waals surface area contributed by atoms with Gasteiger partial charge in [-0.3, -0.25) is 4.90 Å². The Morgan fingerprint density at radius 2 is 2.25 bits per heavy atom. The number of nitrogens with one attached hydrogen (secondary N) is 1. The van der Waals surface area contributed by atoms with Gasteiger partial charge in [0.15, 0.2) is 0 Å². The first-order valence-electron chi connectivity index (χ1n) is 6.77. The van der Waals surface area contributed by atoms with Gasteiger partial charge in [0.1, 0.15) is 0 Å². The zero-order valence-corrected chi connectivity index (χ0v) is 11.2. The minimum Gasteiger partial charge on any atom is -0.374 e. The fourth-order valence-electron chi connectivity index (χ4n) is 2.02. The van der Waals surface area contributed by atoms with E-state index in [-0.39, 0.29) is 0 Å². The van der Waals surface area contributed by atoms with Gasteiger partial charge in [0.25, 0.3) is 0 Å². The second kappa shape index (κ2) is 8.04. The van der Waals surface area contributed by atoms with Crippen LogP contribution in [0.5, 0.6) is 0 Å². The normalized spacial score (nSPS) is 22.9. The summed E-state index contributed by atoms with van der Waals surface area (Å²) in [7, 11) is 0. The van der Waals surface area contributed by atoms with E-state index in [4.69, 9.17) is 4.74 Å². The highest BCUT2D eigenvalue weighted by atomic mass is 16.5. The molecule has 3 heteroatoms. The zero-order chi connectivity index (χ0) is 11.8. The minimum absolute atomic E-state index is 0.393. The second-order valence-corrected chi connectivity index (χ2v) is 5.20. The van der Waals surface area contributed by atoms with Gasteiger partial charge in [-0.1, -0.05) is 27.2 Å². The Morgan fingerprint density at radius 3 is 2.94 bits per heavy atom. The van der Waals surface area contributed by atoms with Gasteiger partial charge < -0.3 is 10.1 Å². The van der Waals surface area contributed by atoms with E-state index in [2.05, 4.69) is 31.0 Å². The van der Waals surface area contributed by atoms with E-state index in [0.29, 0.717) is 6.10 Å². The molecule has 1 rings (SSSR count). The van der Waals surface area contributed by atoms with Gasteiger partial charge in [0, 0.05) is 19.6 Å². The van der Waals surface area contributed by atoms with Gasteiger partial charge in [-0.05, 0) is 25.4 Å². The highest BCUT2D eigenvalue weighted by molar-refractivity contribution is 4.73. The number of rotatable bonds is 7. The maximum atomic E-state index is 5.77. The van der Waals surface area contributed by atoms with Crippen LogP contribution in [0, 0.1) is 5.92 Å². The maximum Gasteiger partial charge on any atom is 0.0826 e. The summed E-state index contributed by atoms with van der Waals surface area (Å²) in [4.78, 5) is 2.54. The first-order valence-corrected chi connectivity index (χ1v) is 6.77. The van der Waals surface area contributed by atoms with E-state index < -0.39 is 0 Å². The molecule has 0 radical (unpaired) electrons. The Kier molecular flexibility index (Phi) is 7.01. The topological polar surface area (TPSA) is 24.5 Å². The lowest BCUT2D eigenvalue weighted by Gasteiger charge is -2.33. The molecule has 1 aliphatic rings. The van der Waals surface area contributed by atoms with Crippen molar-refractivity contribution >= 4 is 0 Å². The monoisotopic (exact) mass is 228 g/mol. The maximum absolute atomic E-state index is 5.77. The summed E-state index contributed by atoms with van der Waals surface area (Å²) in [6, 6.07) is 0. The summed E-state index contributed by atoms with van der Waals surface area (Å²) in [6.45, 7) is 13.2. The molecule has 3 nitrogen and oxygen atoms in total. The van der Waals surface area contributed by atoms with E-state index >= 15 is 0 Å². The molecular weight excluding hydrogens is 200 g/mol. The summed E-state index contributed by atoms with van der Waals surface area (Å²) >= 11 is 0. The van der Waals surface area contributed by atoms with Crippen molar-refractivity contribution in [2.45, 2.75) is 39.7 Å².